The number of benzene rings is 8. The van der Waals surface area contributed by atoms with E-state index >= 15 is 0 Å². The highest BCUT2D eigenvalue weighted by molar-refractivity contribution is 6.12. The molecule has 2 aromatic heterocycles. The first kappa shape index (κ1) is 45.3. The summed E-state index contributed by atoms with van der Waals surface area (Å²) < 4.78 is 173. The predicted molar refractivity (Wildman–Crippen MR) is 241 cm³/mol. The molecule has 0 atom stereocenters. The fourth-order valence-electron chi connectivity index (χ4n) is 9.22. The van der Waals surface area contributed by atoms with Gasteiger partial charge in [-0.3, -0.25) is 0 Å². The van der Waals surface area contributed by atoms with Crippen molar-refractivity contribution in [3.8, 4) is 56.9 Å². The number of alkyl halides is 12. The lowest BCUT2D eigenvalue weighted by Gasteiger charge is -2.19. The molecule has 2 heterocycles. The quantitative estimate of drug-likeness (QED) is 0.161. The molecule has 0 radical (unpaired) electrons. The van der Waals surface area contributed by atoms with Crippen LogP contribution < -0.4 is 0 Å². The fraction of sp³-hybridized carbons (Fsp3) is 0.0741. The van der Waals surface area contributed by atoms with Gasteiger partial charge in [-0.15, -0.1) is 0 Å². The van der Waals surface area contributed by atoms with E-state index in [1.807, 2.05) is 0 Å². The average molecular weight is 959 g/mol. The summed E-state index contributed by atoms with van der Waals surface area (Å²) in [6.07, 6.45) is -20.6. The van der Waals surface area contributed by atoms with Gasteiger partial charge in [0.15, 0.2) is 0 Å². The summed E-state index contributed by atoms with van der Waals surface area (Å²) in [7, 11) is 0. The molecule has 0 spiro atoms. The highest BCUT2D eigenvalue weighted by Gasteiger charge is 2.40. The lowest BCUT2D eigenvalue weighted by atomic mass is 9.95. The van der Waals surface area contributed by atoms with Gasteiger partial charge in [0.2, 0.25) is 0 Å². The van der Waals surface area contributed by atoms with Crippen molar-refractivity contribution in [1.82, 2.24) is 9.13 Å². The summed E-state index contributed by atoms with van der Waals surface area (Å²) in [5, 5.41) is 23.4. The first-order valence-electron chi connectivity index (χ1n) is 20.9. The number of fused-ring (bicyclic) bond motifs is 6. The highest BCUT2D eigenvalue weighted by atomic mass is 19.4. The first-order chi connectivity index (χ1) is 33.1. The van der Waals surface area contributed by atoms with E-state index in [1.165, 1.54) is 36.4 Å². The van der Waals surface area contributed by atoms with Gasteiger partial charge in [0.05, 0.1) is 67.3 Å². The Morgan fingerprint density at radius 1 is 0.343 bits per heavy atom. The molecule has 0 bridgehead atoms. The van der Waals surface area contributed by atoms with Crippen LogP contribution in [-0.2, 0) is 24.7 Å². The molecule has 0 aliphatic rings. The Morgan fingerprint density at radius 3 is 1.20 bits per heavy atom. The second kappa shape index (κ2) is 16.1. The van der Waals surface area contributed by atoms with Crippen LogP contribution in [0.15, 0.2) is 158 Å². The van der Waals surface area contributed by atoms with Crippen molar-refractivity contribution < 1.29 is 52.7 Å². The number of rotatable bonds is 5. The number of nitriles is 2. The van der Waals surface area contributed by atoms with Gasteiger partial charge in [-0.05, 0) is 106 Å². The van der Waals surface area contributed by atoms with Crippen molar-refractivity contribution in [1.29, 1.82) is 10.5 Å². The Bertz CT molecular complexity index is 3660. The monoisotopic (exact) mass is 958 g/mol. The lowest BCUT2D eigenvalue weighted by Crippen LogP contribution is -2.12. The van der Waals surface area contributed by atoms with E-state index in [0.29, 0.717) is 55.8 Å². The van der Waals surface area contributed by atoms with E-state index in [0.717, 1.165) is 12.1 Å². The normalized spacial score (nSPS) is 12.5. The maximum Gasteiger partial charge on any atom is 0.417 e. The van der Waals surface area contributed by atoms with E-state index in [2.05, 4.69) is 12.1 Å². The Morgan fingerprint density at radius 2 is 0.786 bits per heavy atom. The van der Waals surface area contributed by atoms with Crippen LogP contribution in [0.2, 0.25) is 0 Å². The van der Waals surface area contributed by atoms with Crippen molar-refractivity contribution in [2.75, 3.05) is 0 Å². The molecular weight excluding hydrogens is 933 g/mol. The molecule has 0 fully saturated rings. The molecule has 0 saturated heterocycles. The highest BCUT2D eigenvalue weighted by Crippen LogP contribution is 2.46. The molecule has 0 aliphatic heterocycles. The van der Waals surface area contributed by atoms with Crippen LogP contribution in [0.3, 0.4) is 0 Å². The molecule has 0 N–H and O–H groups in total. The van der Waals surface area contributed by atoms with Crippen LogP contribution in [0.1, 0.15) is 33.4 Å². The van der Waals surface area contributed by atoms with Crippen molar-refractivity contribution in [2.45, 2.75) is 24.7 Å². The predicted octanol–water partition coefficient (Wildman–Crippen LogP) is 16.7. The molecule has 346 valence electrons. The number of halogens is 12. The van der Waals surface area contributed by atoms with Gasteiger partial charge in [0.25, 0.3) is 0 Å². The Labute approximate surface area is 387 Å². The maximum atomic E-state index is 14.6. The van der Waals surface area contributed by atoms with Gasteiger partial charge < -0.3 is 9.13 Å². The van der Waals surface area contributed by atoms with Gasteiger partial charge in [0, 0.05) is 21.5 Å². The third kappa shape index (κ3) is 7.62. The summed E-state index contributed by atoms with van der Waals surface area (Å²) in [6, 6.07) is 39.0. The van der Waals surface area contributed by atoms with E-state index in [4.69, 9.17) is 0 Å². The third-order valence-corrected chi connectivity index (χ3v) is 12.3. The average Bonchev–Trinajstić information content (AvgIpc) is 3.84. The van der Waals surface area contributed by atoms with Crippen molar-refractivity contribution >= 4 is 43.6 Å². The number of para-hydroxylation sites is 2. The van der Waals surface area contributed by atoms with Crippen LogP contribution in [-0.4, -0.2) is 9.13 Å². The van der Waals surface area contributed by atoms with Gasteiger partial charge in [0.1, 0.15) is 11.6 Å². The van der Waals surface area contributed by atoms with Crippen LogP contribution in [0.25, 0.3) is 88.4 Å². The number of hydrogen-bond donors (Lipinski definition) is 0. The molecule has 70 heavy (non-hydrogen) atoms. The van der Waals surface area contributed by atoms with Gasteiger partial charge in [-0.25, -0.2) is 0 Å². The summed E-state index contributed by atoms with van der Waals surface area (Å²) >= 11 is 0. The molecule has 0 aliphatic carbocycles. The zero-order valence-corrected chi connectivity index (χ0v) is 35.3. The van der Waals surface area contributed by atoms with Gasteiger partial charge in [-0.1, -0.05) is 84.9 Å². The molecule has 16 heteroatoms. The molecular formula is C54H26F12N4. The fourth-order valence-corrected chi connectivity index (χ4v) is 9.22. The number of hydrogen-bond acceptors (Lipinski definition) is 2. The topological polar surface area (TPSA) is 57.4 Å². The number of aromatic nitrogens is 2. The summed E-state index contributed by atoms with van der Waals surface area (Å²) in [5.41, 5.74) is -4.65. The zero-order chi connectivity index (χ0) is 49.7. The smallest absolute Gasteiger partial charge is 0.308 e. The Balaban J connectivity index is 1.31. The standard InChI is InChI=1S/C54H26F12N4/c55-51(56,57)34-14-18-36(43(25-34)53(61,62)63)31-12-16-40-38-8-1-3-10-45(38)69(47(40)21-31)49-23-33(30-7-5-6-29(20-30)27-67)24-50(42(49)28-68)70-46-11-4-2-9-39(46)41-17-13-32(22-48(41)70)37-19-15-35(52(58,59)60)26-44(37)54(64,65)66/h1-26H. The van der Waals surface area contributed by atoms with Crippen LogP contribution in [0.5, 0.6) is 0 Å². The van der Waals surface area contributed by atoms with Gasteiger partial charge in [-0.2, -0.15) is 63.2 Å². The lowest BCUT2D eigenvalue weighted by molar-refractivity contribution is -0.144. The second-order valence-electron chi connectivity index (χ2n) is 16.4. The van der Waals surface area contributed by atoms with Crippen LogP contribution in [0.4, 0.5) is 52.7 Å². The summed E-state index contributed by atoms with van der Waals surface area (Å²) in [5.74, 6) is 0. The minimum Gasteiger partial charge on any atom is -0.308 e. The van der Waals surface area contributed by atoms with Crippen molar-refractivity contribution in [3.63, 3.8) is 0 Å². The largest absolute Gasteiger partial charge is 0.417 e. The molecule has 10 rings (SSSR count). The van der Waals surface area contributed by atoms with E-state index in [-0.39, 0.29) is 56.8 Å². The molecule has 10 aromatic rings. The second-order valence-corrected chi connectivity index (χ2v) is 16.4. The minimum atomic E-state index is -5.21. The Hall–Kier alpha value is -8.50. The minimum absolute atomic E-state index is 0.0482. The Kier molecular flexibility index (Phi) is 10.4. The van der Waals surface area contributed by atoms with Crippen molar-refractivity contribution in [2.24, 2.45) is 0 Å². The number of nitrogens with zero attached hydrogens (tertiary/aromatic N) is 4. The van der Waals surface area contributed by atoms with Crippen molar-refractivity contribution in [3.05, 3.63) is 191 Å². The molecule has 8 aromatic carbocycles. The van der Waals surface area contributed by atoms with Gasteiger partial charge >= 0.3 is 24.7 Å². The van der Waals surface area contributed by atoms with E-state index in [1.54, 1.807) is 94.1 Å². The molecule has 4 nitrogen and oxygen atoms in total. The SMILES string of the molecule is N#Cc1cccc(-c2cc(-n3c4ccccc4c4ccc(-c5ccc(C(F)(F)F)cc5C(F)(F)F)cc43)c(C#N)c(-n3c4ccccc4c4ccc(-c5ccc(C(F)(F)F)cc5C(F)(F)F)cc43)c2)c1. The first-order valence-corrected chi connectivity index (χ1v) is 20.9. The zero-order valence-electron chi connectivity index (χ0n) is 35.3. The van der Waals surface area contributed by atoms with E-state index in [9.17, 15) is 63.2 Å². The molecule has 0 amide bonds. The summed E-state index contributed by atoms with van der Waals surface area (Å²) in [6.45, 7) is 0. The maximum absolute atomic E-state index is 14.6. The summed E-state index contributed by atoms with van der Waals surface area (Å²) in [4.78, 5) is 0. The third-order valence-electron chi connectivity index (χ3n) is 12.3. The molecule has 0 unspecified atom stereocenters. The van der Waals surface area contributed by atoms with Crippen LogP contribution in [0, 0.1) is 22.7 Å². The van der Waals surface area contributed by atoms with E-state index < -0.39 is 58.1 Å². The molecule has 0 saturated carbocycles. The van der Waals surface area contributed by atoms with Crippen LogP contribution >= 0.6 is 0 Å².